The van der Waals surface area contributed by atoms with E-state index < -0.39 is 35.9 Å². The van der Waals surface area contributed by atoms with Crippen LogP contribution in [0.3, 0.4) is 0 Å². The number of likely N-dealkylation sites (N-methyl/N-ethyl adjacent to an activating group) is 1. The molecule has 10 nitrogen and oxygen atoms in total. The predicted molar refractivity (Wildman–Crippen MR) is 164 cm³/mol. The van der Waals surface area contributed by atoms with Crippen LogP contribution in [-0.4, -0.2) is 71.8 Å². The van der Waals surface area contributed by atoms with E-state index in [1.807, 2.05) is 13.0 Å². The molecule has 4 rings (SSSR count). The lowest BCUT2D eigenvalue weighted by Crippen LogP contribution is -2.48. The first-order chi connectivity index (χ1) is 21.3. The predicted octanol–water partition coefficient (Wildman–Crippen LogP) is 5.66. The van der Waals surface area contributed by atoms with Crippen molar-refractivity contribution in [2.75, 3.05) is 42.7 Å². The molecule has 3 aromatic carbocycles. The minimum Gasteiger partial charge on any atom is -0.488 e. The number of alkyl halides is 3. The summed E-state index contributed by atoms with van der Waals surface area (Å²) in [5, 5.41) is 18.0. The fraction of sp³-hybridized carbons (Fsp3) is 0.344. The van der Waals surface area contributed by atoms with E-state index in [1.165, 1.54) is 24.1 Å². The number of urea groups is 2. The molecular weight excluding hydrogens is 591 g/mol. The van der Waals surface area contributed by atoms with Crippen molar-refractivity contribution in [3.05, 3.63) is 83.9 Å². The lowest BCUT2D eigenvalue weighted by Gasteiger charge is -2.34. The van der Waals surface area contributed by atoms with E-state index >= 15 is 0 Å². The first-order valence-corrected chi connectivity index (χ1v) is 14.4. The monoisotopic (exact) mass is 627 g/mol. The number of carbonyl (C=O) groups is 3. The number of halogens is 3. The molecule has 45 heavy (non-hydrogen) atoms. The van der Waals surface area contributed by atoms with Gasteiger partial charge in [0.1, 0.15) is 11.9 Å². The van der Waals surface area contributed by atoms with Crippen molar-refractivity contribution in [1.29, 1.82) is 0 Å². The van der Waals surface area contributed by atoms with Gasteiger partial charge in [-0.25, -0.2) is 9.59 Å². The summed E-state index contributed by atoms with van der Waals surface area (Å²) < 4.78 is 45.2. The van der Waals surface area contributed by atoms with E-state index in [0.29, 0.717) is 22.7 Å². The SMILES string of the molecule is C[C@H](CO)N1C[C@H](C)[C@@H](CN(C)C(=O)Nc2ccc(C(F)(F)F)cc2)Oc2ccc(NC(=O)Nc3ccccc3)cc2CC1=O. The number of aliphatic hydroxyl groups excluding tert-OH is 1. The molecule has 1 aliphatic rings. The van der Waals surface area contributed by atoms with Crippen LogP contribution in [0, 0.1) is 5.92 Å². The zero-order chi connectivity index (χ0) is 32.7. The smallest absolute Gasteiger partial charge is 0.416 e. The number of nitrogens with one attached hydrogen (secondary N) is 3. The van der Waals surface area contributed by atoms with Gasteiger partial charge in [-0.2, -0.15) is 13.2 Å². The molecule has 5 amide bonds. The van der Waals surface area contributed by atoms with Gasteiger partial charge in [-0.05, 0) is 61.5 Å². The number of rotatable bonds is 7. The summed E-state index contributed by atoms with van der Waals surface area (Å²) in [5.74, 6) is -0.151. The van der Waals surface area contributed by atoms with Crippen molar-refractivity contribution in [2.24, 2.45) is 5.92 Å². The molecule has 13 heteroatoms. The highest BCUT2D eigenvalue weighted by Gasteiger charge is 2.32. The zero-order valence-corrected chi connectivity index (χ0v) is 25.1. The van der Waals surface area contributed by atoms with Crippen molar-refractivity contribution >= 4 is 35.0 Å². The molecule has 0 aliphatic carbocycles. The minimum absolute atomic E-state index is 0.0564. The van der Waals surface area contributed by atoms with Crippen molar-refractivity contribution in [2.45, 2.75) is 38.6 Å². The molecule has 3 atom stereocenters. The topological polar surface area (TPSA) is 123 Å². The summed E-state index contributed by atoms with van der Waals surface area (Å²) in [7, 11) is 1.53. The highest BCUT2D eigenvalue weighted by Crippen LogP contribution is 2.31. The molecule has 0 unspecified atom stereocenters. The average molecular weight is 628 g/mol. The van der Waals surface area contributed by atoms with Crippen LogP contribution in [0.15, 0.2) is 72.8 Å². The Balaban J connectivity index is 1.53. The molecule has 240 valence electrons. The maximum absolute atomic E-state index is 13.4. The number of carbonyl (C=O) groups excluding carboxylic acids is 3. The number of benzene rings is 3. The molecule has 0 spiro atoms. The Morgan fingerprint density at radius 1 is 1.00 bits per heavy atom. The van der Waals surface area contributed by atoms with Gasteiger partial charge < -0.3 is 35.6 Å². The summed E-state index contributed by atoms with van der Waals surface area (Å²) in [6.07, 6.45) is -5.17. The van der Waals surface area contributed by atoms with E-state index in [0.717, 1.165) is 12.1 Å². The standard InChI is InChI=1S/C32H36F3N5O5/c1-20-17-40(21(2)19-41)29(42)16-22-15-26(37-30(43)36-24-7-5-4-6-8-24)13-14-27(22)45-28(20)18-39(3)31(44)38-25-11-9-23(10-12-25)32(33,34)35/h4-15,20-21,28,41H,16-19H2,1-3H3,(H,38,44)(H2,36,37,43)/t20-,21+,28+/m0/s1. The lowest BCUT2D eigenvalue weighted by molar-refractivity contribution is -0.137. The number of fused-ring (bicyclic) bond motifs is 1. The van der Waals surface area contributed by atoms with Crippen LogP contribution in [-0.2, 0) is 17.4 Å². The molecule has 0 saturated carbocycles. The van der Waals surface area contributed by atoms with Crippen LogP contribution < -0.4 is 20.7 Å². The highest BCUT2D eigenvalue weighted by atomic mass is 19.4. The van der Waals surface area contributed by atoms with Crippen LogP contribution in [0.25, 0.3) is 0 Å². The third-order valence-electron chi connectivity index (χ3n) is 7.47. The van der Waals surface area contributed by atoms with E-state index in [9.17, 15) is 32.7 Å². The second kappa shape index (κ2) is 14.3. The number of aliphatic hydroxyl groups is 1. The minimum atomic E-state index is -4.49. The molecular formula is C32H36F3N5O5. The molecule has 0 aromatic heterocycles. The van der Waals surface area contributed by atoms with Gasteiger partial charge in [-0.1, -0.05) is 25.1 Å². The molecule has 0 fully saturated rings. The fourth-order valence-corrected chi connectivity index (χ4v) is 4.85. The van der Waals surface area contributed by atoms with Gasteiger partial charge >= 0.3 is 18.2 Å². The van der Waals surface area contributed by atoms with Gasteiger partial charge in [0.05, 0.1) is 31.2 Å². The largest absolute Gasteiger partial charge is 0.488 e. The number of amides is 5. The van der Waals surface area contributed by atoms with Gasteiger partial charge in [-0.3, -0.25) is 4.79 Å². The van der Waals surface area contributed by atoms with Gasteiger partial charge in [-0.15, -0.1) is 0 Å². The second-order valence-electron chi connectivity index (χ2n) is 11.0. The fourth-order valence-electron chi connectivity index (χ4n) is 4.85. The normalized spacial score (nSPS) is 17.5. The van der Waals surface area contributed by atoms with E-state index in [4.69, 9.17) is 4.74 Å². The number of nitrogens with zero attached hydrogens (tertiary/aromatic N) is 2. The van der Waals surface area contributed by atoms with Gasteiger partial charge in [0.2, 0.25) is 5.91 Å². The Kier molecular flexibility index (Phi) is 10.6. The number of hydrogen-bond acceptors (Lipinski definition) is 5. The van der Waals surface area contributed by atoms with Gasteiger partial charge in [0.15, 0.2) is 0 Å². The van der Waals surface area contributed by atoms with Gasteiger partial charge in [0, 0.05) is 42.1 Å². The molecule has 1 aliphatic heterocycles. The van der Waals surface area contributed by atoms with E-state index in [2.05, 4.69) is 16.0 Å². The van der Waals surface area contributed by atoms with Crippen LogP contribution >= 0.6 is 0 Å². The molecule has 0 bridgehead atoms. The molecule has 1 heterocycles. The summed E-state index contributed by atoms with van der Waals surface area (Å²) in [6.45, 7) is 3.65. The van der Waals surface area contributed by atoms with Crippen LogP contribution in [0.4, 0.5) is 39.8 Å². The Labute approximate surface area is 259 Å². The van der Waals surface area contributed by atoms with Crippen molar-refractivity contribution < 1.29 is 37.4 Å². The second-order valence-corrected chi connectivity index (χ2v) is 11.0. The maximum atomic E-state index is 13.4. The number of para-hydroxylation sites is 1. The van der Waals surface area contributed by atoms with Crippen LogP contribution in [0.1, 0.15) is 25.0 Å². The quantitative estimate of drug-likeness (QED) is 0.269. The number of anilines is 3. The molecule has 3 aromatic rings. The highest BCUT2D eigenvalue weighted by molar-refractivity contribution is 6.00. The maximum Gasteiger partial charge on any atom is 0.416 e. The van der Waals surface area contributed by atoms with Crippen LogP contribution in [0.5, 0.6) is 5.75 Å². The van der Waals surface area contributed by atoms with Crippen molar-refractivity contribution in [1.82, 2.24) is 9.80 Å². The van der Waals surface area contributed by atoms with E-state index in [1.54, 1.807) is 54.3 Å². The van der Waals surface area contributed by atoms with Crippen molar-refractivity contribution in [3.63, 3.8) is 0 Å². The Hall–Kier alpha value is -4.78. The zero-order valence-electron chi connectivity index (χ0n) is 25.1. The molecule has 0 saturated heterocycles. The van der Waals surface area contributed by atoms with Gasteiger partial charge in [0.25, 0.3) is 0 Å². The average Bonchev–Trinajstić information content (AvgIpc) is 3.04. The summed E-state index contributed by atoms with van der Waals surface area (Å²) in [4.78, 5) is 41.9. The summed E-state index contributed by atoms with van der Waals surface area (Å²) in [6, 6.07) is 16.4. The van der Waals surface area contributed by atoms with Crippen LogP contribution in [0.2, 0.25) is 0 Å². The third kappa shape index (κ3) is 8.88. The lowest BCUT2D eigenvalue weighted by atomic mass is 10.0. The summed E-state index contributed by atoms with van der Waals surface area (Å²) >= 11 is 0. The first kappa shape index (κ1) is 33.1. The Morgan fingerprint density at radius 3 is 2.27 bits per heavy atom. The number of ether oxygens (including phenoxy) is 1. The Bertz CT molecular complexity index is 1490. The third-order valence-corrected chi connectivity index (χ3v) is 7.47. The Morgan fingerprint density at radius 2 is 1.62 bits per heavy atom. The van der Waals surface area contributed by atoms with E-state index in [-0.39, 0.29) is 43.6 Å². The first-order valence-electron chi connectivity index (χ1n) is 14.4. The van der Waals surface area contributed by atoms with Crippen molar-refractivity contribution in [3.8, 4) is 5.75 Å². The molecule has 4 N–H and O–H groups in total. The summed E-state index contributed by atoms with van der Waals surface area (Å²) in [5.41, 5.74) is 0.902. The number of hydrogen-bond donors (Lipinski definition) is 4. The molecule has 0 radical (unpaired) electrons.